The average Bonchev–Trinajstić information content (AvgIpc) is 3.14. The molecular weight excluding hydrogens is 338 g/mol. The molecule has 3 aromatic rings. The molecule has 0 spiro atoms. The number of carbonyl (C=O) groups excluding carboxylic acids is 2. The van der Waals surface area contributed by atoms with Crippen molar-refractivity contribution >= 4 is 28.8 Å². The summed E-state index contributed by atoms with van der Waals surface area (Å²) in [4.78, 5) is 27.4. The van der Waals surface area contributed by atoms with Crippen LogP contribution in [0.4, 0.5) is 5.69 Å². The van der Waals surface area contributed by atoms with Gasteiger partial charge in [0.05, 0.1) is 11.2 Å². The molecule has 2 amide bonds. The summed E-state index contributed by atoms with van der Waals surface area (Å²) in [6.07, 6.45) is 0. The molecule has 7 heteroatoms. The predicted molar refractivity (Wildman–Crippen MR) is 95.8 cm³/mol. The molecule has 3 rings (SSSR count). The highest BCUT2D eigenvalue weighted by atomic mass is 32.1. The molecule has 0 atom stereocenters. The van der Waals surface area contributed by atoms with Crippen LogP contribution in [0, 0.1) is 0 Å². The molecular formula is C18H15N3O3S. The molecule has 0 saturated carbocycles. The van der Waals surface area contributed by atoms with Crippen molar-refractivity contribution in [2.45, 2.75) is 6.61 Å². The van der Waals surface area contributed by atoms with Gasteiger partial charge in [-0.2, -0.15) is 0 Å². The summed E-state index contributed by atoms with van der Waals surface area (Å²) >= 11 is 1.51. The summed E-state index contributed by atoms with van der Waals surface area (Å²) in [5, 5.41) is 4.68. The molecule has 0 unspecified atom stereocenters. The van der Waals surface area contributed by atoms with Gasteiger partial charge < -0.3 is 15.8 Å². The number of thiazole rings is 1. The molecule has 6 nitrogen and oxygen atoms in total. The normalized spacial score (nSPS) is 10.2. The maximum absolute atomic E-state index is 12.2. The topological polar surface area (TPSA) is 94.3 Å². The summed E-state index contributed by atoms with van der Waals surface area (Å²) < 4.78 is 5.61. The highest BCUT2D eigenvalue weighted by Crippen LogP contribution is 2.16. The zero-order valence-electron chi connectivity index (χ0n) is 13.1. The van der Waals surface area contributed by atoms with Crippen molar-refractivity contribution in [3.63, 3.8) is 0 Å². The highest BCUT2D eigenvalue weighted by Gasteiger charge is 2.07. The Morgan fingerprint density at radius 2 is 1.72 bits per heavy atom. The minimum Gasteiger partial charge on any atom is -0.487 e. The Kier molecular flexibility index (Phi) is 5.06. The van der Waals surface area contributed by atoms with Crippen LogP contribution in [0.25, 0.3) is 0 Å². The van der Waals surface area contributed by atoms with Crippen LogP contribution < -0.4 is 15.8 Å². The number of primary amides is 1. The molecule has 1 heterocycles. The van der Waals surface area contributed by atoms with E-state index in [1.165, 1.54) is 11.3 Å². The second-order valence-corrected chi connectivity index (χ2v) is 5.91. The number of anilines is 1. The van der Waals surface area contributed by atoms with E-state index in [2.05, 4.69) is 10.3 Å². The van der Waals surface area contributed by atoms with Crippen molar-refractivity contribution in [1.82, 2.24) is 4.98 Å². The molecule has 3 N–H and O–H groups in total. The maximum atomic E-state index is 12.2. The van der Waals surface area contributed by atoms with Gasteiger partial charge in [0.15, 0.2) is 0 Å². The van der Waals surface area contributed by atoms with E-state index in [1.807, 2.05) is 5.38 Å². The summed E-state index contributed by atoms with van der Waals surface area (Å²) in [7, 11) is 0. The molecule has 126 valence electrons. The largest absolute Gasteiger partial charge is 0.487 e. The summed E-state index contributed by atoms with van der Waals surface area (Å²) in [6, 6.07) is 13.2. The van der Waals surface area contributed by atoms with E-state index in [-0.39, 0.29) is 5.91 Å². The number of hydrogen-bond acceptors (Lipinski definition) is 5. The lowest BCUT2D eigenvalue weighted by Crippen LogP contribution is -2.13. The van der Waals surface area contributed by atoms with E-state index in [4.69, 9.17) is 10.5 Å². The smallest absolute Gasteiger partial charge is 0.255 e. The lowest BCUT2D eigenvalue weighted by molar-refractivity contribution is 0.0998. The molecule has 0 fully saturated rings. The number of nitrogens with one attached hydrogen (secondary N) is 1. The van der Waals surface area contributed by atoms with Crippen LogP contribution in [0.2, 0.25) is 0 Å². The Morgan fingerprint density at radius 3 is 2.32 bits per heavy atom. The van der Waals surface area contributed by atoms with Gasteiger partial charge in [0.25, 0.3) is 5.91 Å². The summed E-state index contributed by atoms with van der Waals surface area (Å²) in [5.41, 5.74) is 9.27. The molecule has 0 aliphatic heterocycles. The SMILES string of the molecule is NC(=O)c1ccc(NC(=O)c2ccc(OCc3cscn3)cc2)cc1. The van der Waals surface area contributed by atoms with Crippen molar-refractivity contribution in [2.75, 3.05) is 5.32 Å². The van der Waals surface area contributed by atoms with Crippen LogP contribution in [0.1, 0.15) is 26.4 Å². The van der Waals surface area contributed by atoms with Crippen molar-refractivity contribution in [3.05, 3.63) is 76.2 Å². The van der Waals surface area contributed by atoms with Gasteiger partial charge in [0.1, 0.15) is 12.4 Å². The Balaban J connectivity index is 1.59. The first-order valence-electron chi connectivity index (χ1n) is 7.43. The monoisotopic (exact) mass is 353 g/mol. The summed E-state index contributed by atoms with van der Waals surface area (Å²) in [6.45, 7) is 0.390. The molecule has 0 radical (unpaired) electrons. The van der Waals surface area contributed by atoms with Gasteiger partial charge >= 0.3 is 0 Å². The molecule has 2 aromatic carbocycles. The maximum Gasteiger partial charge on any atom is 0.255 e. The molecule has 25 heavy (non-hydrogen) atoms. The standard InChI is InChI=1S/C18H15N3O3S/c19-17(22)12-1-5-14(6-2-12)21-18(23)13-3-7-16(8-4-13)24-9-15-10-25-11-20-15/h1-8,10-11H,9H2,(H2,19,22)(H,21,23). The number of aromatic nitrogens is 1. The second kappa shape index (κ2) is 7.59. The molecule has 0 saturated heterocycles. The van der Waals surface area contributed by atoms with Gasteiger partial charge in [0, 0.05) is 22.2 Å². The minimum absolute atomic E-state index is 0.252. The first-order chi connectivity index (χ1) is 12.1. The van der Waals surface area contributed by atoms with Crippen LogP contribution >= 0.6 is 11.3 Å². The molecule has 1 aromatic heterocycles. The van der Waals surface area contributed by atoms with Gasteiger partial charge in [-0.15, -0.1) is 11.3 Å². The predicted octanol–water partition coefficient (Wildman–Crippen LogP) is 3.07. The number of hydrogen-bond donors (Lipinski definition) is 2. The number of nitrogens with zero attached hydrogens (tertiary/aromatic N) is 1. The number of ether oxygens (including phenoxy) is 1. The van der Waals surface area contributed by atoms with Crippen molar-refractivity contribution in [2.24, 2.45) is 5.73 Å². The van der Waals surface area contributed by atoms with Crippen LogP contribution in [0.15, 0.2) is 59.4 Å². The van der Waals surface area contributed by atoms with E-state index in [1.54, 1.807) is 54.0 Å². The van der Waals surface area contributed by atoms with Crippen molar-refractivity contribution in [3.8, 4) is 5.75 Å². The van der Waals surface area contributed by atoms with Gasteiger partial charge in [-0.3, -0.25) is 9.59 Å². The van der Waals surface area contributed by atoms with E-state index in [0.717, 1.165) is 5.69 Å². The Hall–Kier alpha value is -3.19. The molecule has 0 aliphatic rings. The van der Waals surface area contributed by atoms with Gasteiger partial charge in [-0.1, -0.05) is 0 Å². The van der Waals surface area contributed by atoms with Crippen molar-refractivity contribution < 1.29 is 14.3 Å². The number of amides is 2. The highest BCUT2D eigenvalue weighted by molar-refractivity contribution is 7.07. The van der Waals surface area contributed by atoms with Crippen molar-refractivity contribution in [1.29, 1.82) is 0 Å². The van der Waals surface area contributed by atoms with E-state index in [9.17, 15) is 9.59 Å². The molecule has 0 bridgehead atoms. The fourth-order valence-corrected chi connectivity index (χ4v) is 2.63. The third kappa shape index (κ3) is 4.42. The number of carbonyl (C=O) groups is 2. The Morgan fingerprint density at radius 1 is 1.04 bits per heavy atom. The lowest BCUT2D eigenvalue weighted by Gasteiger charge is -2.07. The van der Waals surface area contributed by atoms with Gasteiger partial charge in [-0.25, -0.2) is 4.98 Å². The Labute approximate surface area is 148 Å². The fourth-order valence-electron chi connectivity index (χ4n) is 2.09. The van der Waals surface area contributed by atoms with Gasteiger partial charge in [0.2, 0.25) is 5.91 Å². The fraction of sp³-hybridized carbons (Fsp3) is 0.0556. The zero-order valence-corrected chi connectivity index (χ0v) is 14.0. The lowest BCUT2D eigenvalue weighted by atomic mass is 10.1. The second-order valence-electron chi connectivity index (χ2n) is 5.19. The van der Waals surface area contributed by atoms with Gasteiger partial charge in [-0.05, 0) is 48.5 Å². The molecule has 0 aliphatic carbocycles. The van der Waals surface area contributed by atoms with E-state index >= 15 is 0 Å². The quantitative estimate of drug-likeness (QED) is 0.712. The van der Waals surface area contributed by atoms with E-state index in [0.29, 0.717) is 29.2 Å². The third-order valence-corrected chi connectivity index (χ3v) is 4.05. The van der Waals surface area contributed by atoms with Crippen LogP contribution in [0.5, 0.6) is 5.75 Å². The Bertz CT molecular complexity index is 860. The first-order valence-corrected chi connectivity index (χ1v) is 8.37. The van der Waals surface area contributed by atoms with Crippen LogP contribution in [-0.2, 0) is 6.61 Å². The number of nitrogens with two attached hydrogens (primary N) is 1. The minimum atomic E-state index is -0.508. The number of benzene rings is 2. The summed E-state index contributed by atoms with van der Waals surface area (Å²) in [5.74, 6) is -0.0978. The zero-order chi connectivity index (χ0) is 17.6. The van der Waals surface area contributed by atoms with E-state index < -0.39 is 5.91 Å². The third-order valence-electron chi connectivity index (χ3n) is 3.41. The first kappa shape index (κ1) is 16.7. The van der Waals surface area contributed by atoms with Crippen LogP contribution in [-0.4, -0.2) is 16.8 Å². The van der Waals surface area contributed by atoms with Crippen LogP contribution in [0.3, 0.4) is 0 Å². The number of rotatable bonds is 6. The average molecular weight is 353 g/mol.